The quantitative estimate of drug-likeness (QED) is 0.748. The zero-order valence-corrected chi connectivity index (χ0v) is 12.3. The van der Waals surface area contributed by atoms with E-state index in [2.05, 4.69) is 0 Å². The topological polar surface area (TPSA) is 38.8 Å². The summed E-state index contributed by atoms with van der Waals surface area (Å²) in [5.74, 6) is 0.585. The Labute approximate surface area is 120 Å². The monoisotopic (exact) mass is 277 g/mol. The van der Waals surface area contributed by atoms with E-state index in [4.69, 9.17) is 9.47 Å². The number of nitrogens with zero attached hydrogens (tertiary/aromatic N) is 1. The summed E-state index contributed by atoms with van der Waals surface area (Å²) in [4.78, 5) is 14.4. The van der Waals surface area contributed by atoms with E-state index in [1.807, 2.05) is 36.1 Å². The number of carbonyl (C=O) groups excluding carboxylic acids is 1. The Morgan fingerprint density at radius 1 is 1.35 bits per heavy atom. The van der Waals surface area contributed by atoms with Crippen molar-refractivity contribution in [2.75, 3.05) is 40.0 Å². The lowest BCUT2D eigenvalue weighted by atomic mass is 10.1. The van der Waals surface area contributed by atoms with Gasteiger partial charge in [-0.25, -0.2) is 0 Å². The molecule has 0 saturated carbocycles. The van der Waals surface area contributed by atoms with Gasteiger partial charge in [0.15, 0.2) is 0 Å². The van der Waals surface area contributed by atoms with Crippen LogP contribution in [0.2, 0.25) is 0 Å². The van der Waals surface area contributed by atoms with Gasteiger partial charge in [-0.3, -0.25) is 4.79 Å². The predicted octanol–water partition coefficient (Wildman–Crippen LogP) is 2.12. The maximum atomic E-state index is 12.5. The molecule has 1 aliphatic heterocycles. The molecule has 0 unspecified atom stereocenters. The van der Waals surface area contributed by atoms with Gasteiger partial charge in [0.25, 0.3) is 5.91 Å². The van der Waals surface area contributed by atoms with Crippen LogP contribution in [0.25, 0.3) is 0 Å². The SMILES string of the molecule is COCCOC[C@@H]1CCN(C(=O)c2ccccc2C)C1. The predicted molar refractivity (Wildman–Crippen MR) is 77.9 cm³/mol. The molecule has 1 aliphatic rings. The molecule has 0 spiro atoms. The maximum Gasteiger partial charge on any atom is 0.254 e. The minimum absolute atomic E-state index is 0.141. The van der Waals surface area contributed by atoms with Crippen LogP contribution in [0.1, 0.15) is 22.3 Å². The standard InChI is InChI=1S/C16H23NO3/c1-13-5-3-4-6-15(13)16(18)17-8-7-14(11-17)12-20-10-9-19-2/h3-6,14H,7-12H2,1-2H3/t14-/m1/s1. The van der Waals surface area contributed by atoms with Crippen molar-refractivity contribution in [3.63, 3.8) is 0 Å². The molecule has 0 N–H and O–H groups in total. The third kappa shape index (κ3) is 3.81. The zero-order valence-electron chi connectivity index (χ0n) is 12.3. The van der Waals surface area contributed by atoms with Crippen LogP contribution in [0.5, 0.6) is 0 Å². The van der Waals surface area contributed by atoms with Gasteiger partial charge >= 0.3 is 0 Å². The molecular weight excluding hydrogens is 254 g/mol. The maximum absolute atomic E-state index is 12.5. The van der Waals surface area contributed by atoms with Crippen molar-refractivity contribution in [2.45, 2.75) is 13.3 Å². The number of benzene rings is 1. The second kappa shape index (κ2) is 7.41. The summed E-state index contributed by atoms with van der Waals surface area (Å²) < 4.78 is 10.5. The molecule has 0 bridgehead atoms. The average Bonchev–Trinajstić information content (AvgIpc) is 2.92. The van der Waals surface area contributed by atoms with E-state index in [1.165, 1.54) is 0 Å². The fourth-order valence-corrected chi connectivity index (χ4v) is 2.53. The first-order chi connectivity index (χ1) is 9.72. The molecule has 4 nitrogen and oxygen atoms in total. The molecular formula is C16H23NO3. The molecule has 0 aliphatic carbocycles. The summed E-state index contributed by atoms with van der Waals surface area (Å²) in [7, 11) is 1.67. The molecule has 4 heteroatoms. The van der Waals surface area contributed by atoms with Crippen LogP contribution in [0, 0.1) is 12.8 Å². The molecule has 1 amide bonds. The lowest BCUT2D eigenvalue weighted by Gasteiger charge is -2.18. The molecule has 1 heterocycles. The van der Waals surface area contributed by atoms with Crippen LogP contribution in [0.4, 0.5) is 0 Å². The Balaban J connectivity index is 1.83. The minimum atomic E-state index is 0.141. The number of likely N-dealkylation sites (tertiary alicyclic amines) is 1. The smallest absolute Gasteiger partial charge is 0.254 e. The highest BCUT2D eigenvalue weighted by molar-refractivity contribution is 5.95. The first-order valence-electron chi connectivity index (χ1n) is 7.14. The Bertz CT molecular complexity index is 447. The molecule has 110 valence electrons. The fraction of sp³-hybridized carbons (Fsp3) is 0.562. The van der Waals surface area contributed by atoms with Crippen LogP contribution < -0.4 is 0 Å². The number of ether oxygens (including phenoxy) is 2. The van der Waals surface area contributed by atoms with Gasteiger partial charge < -0.3 is 14.4 Å². The van der Waals surface area contributed by atoms with E-state index in [1.54, 1.807) is 7.11 Å². The van der Waals surface area contributed by atoms with Crippen molar-refractivity contribution in [3.05, 3.63) is 35.4 Å². The van der Waals surface area contributed by atoms with Crippen molar-refractivity contribution < 1.29 is 14.3 Å². The number of hydrogen-bond donors (Lipinski definition) is 0. The lowest BCUT2D eigenvalue weighted by Crippen LogP contribution is -2.29. The molecule has 1 fully saturated rings. The molecule has 2 rings (SSSR count). The third-order valence-electron chi connectivity index (χ3n) is 3.73. The van der Waals surface area contributed by atoms with E-state index in [9.17, 15) is 4.79 Å². The Morgan fingerprint density at radius 2 is 2.15 bits per heavy atom. The highest BCUT2D eigenvalue weighted by atomic mass is 16.5. The summed E-state index contributed by atoms with van der Waals surface area (Å²) >= 11 is 0. The van der Waals surface area contributed by atoms with E-state index >= 15 is 0 Å². The first-order valence-corrected chi connectivity index (χ1v) is 7.14. The number of hydrogen-bond acceptors (Lipinski definition) is 3. The summed E-state index contributed by atoms with van der Waals surface area (Å²) in [5.41, 5.74) is 1.85. The van der Waals surface area contributed by atoms with E-state index in [-0.39, 0.29) is 5.91 Å². The minimum Gasteiger partial charge on any atom is -0.382 e. The largest absolute Gasteiger partial charge is 0.382 e. The van der Waals surface area contributed by atoms with Crippen molar-refractivity contribution in [2.24, 2.45) is 5.92 Å². The zero-order chi connectivity index (χ0) is 14.4. The van der Waals surface area contributed by atoms with Crippen molar-refractivity contribution in [1.82, 2.24) is 4.90 Å². The van der Waals surface area contributed by atoms with E-state index in [0.29, 0.717) is 25.7 Å². The van der Waals surface area contributed by atoms with Crippen LogP contribution >= 0.6 is 0 Å². The Kier molecular flexibility index (Phi) is 5.56. The number of methoxy groups -OCH3 is 1. The second-order valence-corrected chi connectivity index (χ2v) is 5.29. The lowest BCUT2D eigenvalue weighted by molar-refractivity contribution is 0.0515. The molecule has 0 aromatic heterocycles. The van der Waals surface area contributed by atoms with Crippen molar-refractivity contribution >= 4 is 5.91 Å². The third-order valence-corrected chi connectivity index (χ3v) is 3.73. The van der Waals surface area contributed by atoms with E-state index < -0.39 is 0 Å². The molecule has 20 heavy (non-hydrogen) atoms. The fourth-order valence-electron chi connectivity index (χ4n) is 2.53. The molecule has 1 aromatic carbocycles. The van der Waals surface area contributed by atoms with Gasteiger partial charge in [0.05, 0.1) is 19.8 Å². The molecule has 1 aromatic rings. The molecule has 0 radical (unpaired) electrons. The van der Waals surface area contributed by atoms with Gasteiger partial charge in [0.1, 0.15) is 0 Å². The van der Waals surface area contributed by atoms with Crippen molar-refractivity contribution in [1.29, 1.82) is 0 Å². The number of amides is 1. The highest BCUT2D eigenvalue weighted by Crippen LogP contribution is 2.20. The Morgan fingerprint density at radius 3 is 2.90 bits per heavy atom. The van der Waals surface area contributed by atoms with Crippen LogP contribution in [0.3, 0.4) is 0 Å². The average molecular weight is 277 g/mol. The van der Waals surface area contributed by atoms with Gasteiger partial charge in [0.2, 0.25) is 0 Å². The van der Waals surface area contributed by atoms with Gasteiger partial charge in [0, 0.05) is 31.7 Å². The van der Waals surface area contributed by atoms with Gasteiger partial charge in [-0.05, 0) is 25.0 Å². The highest BCUT2D eigenvalue weighted by Gasteiger charge is 2.27. The van der Waals surface area contributed by atoms with Gasteiger partial charge in [-0.15, -0.1) is 0 Å². The van der Waals surface area contributed by atoms with Crippen LogP contribution in [-0.2, 0) is 9.47 Å². The number of rotatable bonds is 6. The summed E-state index contributed by atoms with van der Waals surface area (Å²) in [6.45, 7) is 5.55. The molecule has 1 saturated heterocycles. The van der Waals surface area contributed by atoms with Crippen LogP contribution in [0.15, 0.2) is 24.3 Å². The summed E-state index contributed by atoms with van der Waals surface area (Å²) in [6.07, 6.45) is 1.02. The van der Waals surface area contributed by atoms with Crippen LogP contribution in [-0.4, -0.2) is 50.8 Å². The Hall–Kier alpha value is -1.39. The summed E-state index contributed by atoms with van der Waals surface area (Å²) in [5, 5.41) is 0. The normalized spacial score (nSPS) is 18.5. The second-order valence-electron chi connectivity index (χ2n) is 5.29. The van der Waals surface area contributed by atoms with Crippen molar-refractivity contribution in [3.8, 4) is 0 Å². The summed E-state index contributed by atoms with van der Waals surface area (Å²) in [6, 6.07) is 7.76. The first kappa shape index (κ1) is 15.0. The number of aryl methyl sites for hydroxylation is 1. The van der Waals surface area contributed by atoms with Gasteiger partial charge in [-0.1, -0.05) is 18.2 Å². The van der Waals surface area contributed by atoms with Gasteiger partial charge in [-0.2, -0.15) is 0 Å². The molecule has 1 atom stereocenters. The van der Waals surface area contributed by atoms with E-state index in [0.717, 1.165) is 30.6 Å². The number of carbonyl (C=O) groups is 1.